The van der Waals surface area contributed by atoms with E-state index in [1.165, 1.54) is 35.6 Å². The van der Waals surface area contributed by atoms with Crippen molar-refractivity contribution in [2.45, 2.75) is 17.9 Å². The molecule has 0 spiro atoms. The van der Waals surface area contributed by atoms with E-state index in [1.807, 2.05) is 0 Å². The number of sulfonamides is 1. The van der Waals surface area contributed by atoms with Gasteiger partial charge in [-0.05, 0) is 43.3 Å². The fourth-order valence-electron chi connectivity index (χ4n) is 2.82. The number of carbonyl (C=O) groups is 1. The summed E-state index contributed by atoms with van der Waals surface area (Å²) in [5.74, 6) is -0.628. The van der Waals surface area contributed by atoms with Gasteiger partial charge in [-0.2, -0.15) is 0 Å². The number of hydrogen-bond acceptors (Lipinski definition) is 4. The van der Waals surface area contributed by atoms with E-state index in [1.54, 1.807) is 61.5 Å². The van der Waals surface area contributed by atoms with Crippen LogP contribution in [0.5, 0.6) is 0 Å². The molecule has 0 aliphatic heterocycles. The number of benzene rings is 3. The Balaban J connectivity index is 1.83. The molecule has 0 amide bonds. The summed E-state index contributed by atoms with van der Waals surface area (Å²) in [4.78, 5) is 12.6. The molecule has 0 aliphatic carbocycles. The molecule has 29 heavy (non-hydrogen) atoms. The number of anilines is 1. The molecule has 0 fully saturated rings. The number of halogens is 1. The smallest absolute Gasteiger partial charge is 0.338 e. The Hall–Kier alpha value is -2.83. The third-order valence-electron chi connectivity index (χ3n) is 4.47. The van der Waals surface area contributed by atoms with Crippen molar-refractivity contribution in [3.05, 3.63) is 95.0 Å². The van der Waals surface area contributed by atoms with Crippen molar-refractivity contribution in [1.82, 2.24) is 0 Å². The second-order valence-electron chi connectivity index (χ2n) is 6.40. The summed E-state index contributed by atoms with van der Waals surface area (Å²) in [6.07, 6.45) is -0.580. The molecule has 3 aromatic carbocycles. The van der Waals surface area contributed by atoms with Crippen molar-refractivity contribution in [3.63, 3.8) is 0 Å². The second kappa shape index (κ2) is 8.68. The average Bonchev–Trinajstić information content (AvgIpc) is 2.74. The van der Waals surface area contributed by atoms with Gasteiger partial charge in [0.25, 0.3) is 10.0 Å². The van der Waals surface area contributed by atoms with Gasteiger partial charge in [0, 0.05) is 17.6 Å². The van der Waals surface area contributed by atoms with Crippen LogP contribution in [0.15, 0.2) is 83.8 Å². The van der Waals surface area contributed by atoms with Crippen LogP contribution in [0.25, 0.3) is 0 Å². The number of para-hydroxylation sites is 1. The Morgan fingerprint density at radius 2 is 1.62 bits per heavy atom. The first-order chi connectivity index (χ1) is 13.8. The van der Waals surface area contributed by atoms with E-state index in [0.29, 0.717) is 16.3 Å². The number of hydrogen-bond donors (Lipinski definition) is 0. The van der Waals surface area contributed by atoms with Gasteiger partial charge in [-0.15, -0.1) is 0 Å². The van der Waals surface area contributed by atoms with Crippen molar-refractivity contribution < 1.29 is 17.9 Å². The first kappa shape index (κ1) is 20.9. The molecule has 0 bridgehead atoms. The third-order valence-corrected chi connectivity index (χ3v) is 6.60. The van der Waals surface area contributed by atoms with Crippen molar-refractivity contribution in [3.8, 4) is 0 Å². The van der Waals surface area contributed by atoms with Gasteiger partial charge in [0.15, 0.2) is 0 Å². The summed E-state index contributed by atoms with van der Waals surface area (Å²) in [5.41, 5.74) is 1.34. The Bertz CT molecular complexity index is 1120. The molecule has 0 saturated heterocycles. The van der Waals surface area contributed by atoms with Crippen molar-refractivity contribution in [2.24, 2.45) is 0 Å². The highest BCUT2D eigenvalue weighted by molar-refractivity contribution is 7.92. The minimum atomic E-state index is -3.83. The van der Waals surface area contributed by atoms with Crippen LogP contribution in [0.1, 0.15) is 28.9 Å². The minimum Gasteiger partial charge on any atom is -0.454 e. The predicted molar refractivity (Wildman–Crippen MR) is 114 cm³/mol. The molecular weight excluding hydrogens is 410 g/mol. The molecule has 0 radical (unpaired) electrons. The Kier molecular flexibility index (Phi) is 6.25. The third kappa shape index (κ3) is 4.60. The minimum absolute atomic E-state index is 0.00343. The molecule has 150 valence electrons. The number of esters is 1. The molecule has 5 nitrogen and oxygen atoms in total. The summed E-state index contributed by atoms with van der Waals surface area (Å²) < 4.78 is 32.6. The van der Waals surface area contributed by atoms with Crippen LogP contribution in [-0.2, 0) is 14.8 Å². The molecular formula is C22H20ClNO4S. The zero-order chi connectivity index (χ0) is 21.0. The second-order valence-corrected chi connectivity index (χ2v) is 8.78. The van der Waals surface area contributed by atoms with E-state index in [0.717, 1.165) is 0 Å². The molecule has 0 heterocycles. The van der Waals surface area contributed by atoms with Gasteiger partial charge >= 0.3 is 5.97 Å². The van der Waals surface area contributed by atoms with Gasteiger partial charge in [-0.25, -0.2) is 13.2 Å². The van der Waals surface area contributed by atoms with Crippen molar-refractivity contribution in [2.75, 3.05) is 11.4 Å². The molecule has 0 saturated carbocycles. The van der Waals surface area contributed by atoms with Gasteiger partial charge in [0.1, 0.15) is 6.10 Å². The number of carbonyl (C=O) groups excluding carboxylic acids is 1. The molecule has 7 heteroatoms. The van der Waals surface area contributed by atoms with Gasteiger partial charge in [0.2, 0.25) is 0 Å². The van der Waals surface area contributed by atoms with Crippen LogP contribution in [0.4, 0.5) is 5.69 Å². The van der Waals surface area contributed by atoms with Crippen LogP contribution in [0.3, 0.4) is 0 Å². The Labute approximate surface area is 175 Å². The maximum absolute atomic E-state index is 13.0. The van der Waals surface area contributed by atoms with Crippen LogP contribution in [0.2, 0.25) is 5.02 Å². The lowest BCUT2D eigenvalue weighted by molar-refractivity contribution is 0.0338. The largest absolute Gasteiger partial charge is 0.454 e. The van der Waals surface area contributed by atoms with Crippen LogP contribution in [-0.4, -0.2) is 21.4 Å². The fraction of sp³-hybridized carbons (Fsp3) is 0.136. The topological polar surface area (TPSA) is 63.7 Å². The van der Waals surface area contributed by atoms with E-state index in [4.69, 9.17) is 16.3 Å². The lowest BCUT2D eigenvalue weighted by Gasteiger charge is -2.20. The SMILES string of the molecule is CC(OC(=O)c1cccc(S(=O)(=O)N(C)c2ccccc2)c1)c1ccccc1Cl. The first-order valence-electron chi connectivity index (χ1n) is 8.90. The molecule has 0 N–H and O–H groups in total. The summed E-state index contributed by atoms with van der Waals surface area (Å²) in [6.45, 7) is 1.71. The maximum Gasteiger partial charge on any atom is 0.338 e. The van der Waals surface area contributed by atoms with E-state index in [9.17, 15) is 13.2 Å². The van der Waals surface area contributed by atoms with Crippen LogP contribution < -0.4 is 4.31 Å². The normalized spacial score (nSPS) is 12.2. The molecule has 3 rings (SSSR count). The highest BCUT2D eigenvalue weighted by Gasteiger charge is 2.23. The fourth-order valence-corrected chi connectivity index (χ4v) is 4.35. The Morgan fingerprint density at radius 1 is 0.966 bits per heavy atom. The highest BCUT2D eigenvalue weighted by Crippen LogP contribution is 2.27. The summed E-state index contributed by atoms with van der Waals surface area (Å²) in [7, 11) is -2.36. The van der Waals surface area contributed by atoms with Crippen LogP contribution in [0, 0.1) is 0 Å². The number of ether oxygens (including phenoxy) is 1. The van der Waals surface area contributed by atoms with Crippen LogP contribution >= 0.6 is 11.6 Å². The molecule has 0 aromatic heterocycles. The summed E-state index contributed by atoms with van der Waals surface area (Å²) in [6, 6.07) is 21.6. The van der Waals surface area contributed by atoms with Crippen molar-refractivity contribution in [1.29, 1.82) is 0 Å². The van der Waals surface area contributed by atoms with Gasteiger partial charge in [-0.3, -0.25) is 4.31 Å². The Morgan fingerprint density at radius 3 is 2.31 bits per heavy atom. The van der Waals surface area contributed by atoms with Gasteiger partial charge < -0.3 is 4.74 Å². The predicted octanol–water partition coefficient (Wildman–Crippen LogP) is 5.08. The van der Waals surface area contributed by atoms with E-state index in [-0.39, 0.29) is 10.5 Å². The summed E-state index contributed by atoms with van der Waals surface area (Å²) in [5, 5.41) is 0.494. The lowest BCUT2D eigenvalue weighted by atomic mass is 10.1. The first-order valence-corrected chi connectivity index (χ1v) is 10.7. The molecule has 1 unspecified atom stereocenters. The van der Waals surface area contributed by atoms with Crippen molar-refractivity contribution >= 4 is 33.3 Å². The molecule has 3 aromatic rings. The quantitative estimate of drug-likeness (QED) is 0.512. The zero-order valence-electron chi connectivity index (χ0n) is 15.9. The van der Waals surface area contributed by atoms with E-state index >= 15 is 0 Å². The molecule has 1 atom stereocenters. The van der Waals surface area contributed by atoms with Gasteiger partial charge in [0.05, 0.1) is 16.1 Å². The molecule has 0 aliphatic rings. The highest BCUT2D eigenvalue weighted by atomic mass is 35.5. The van der Waals surface area contributed by atoms with E-state index < -0.39 is 22.1 Å². The lowest BCUT2D eigenvalue weighted by Crippen LogP contribution is -2.26. The number of rotatable bonds is 6. The van der Waals surface area contributed by atoms with E-state index in [2.05, 4.69) is 0 Å². The number of nitrogens with zero attached hydrogens (tertiary/aromatic N) is 1. The summed E-state index contributed by atoms with van der Waals surface area (Å²) >= 11 is 6.15. The maximum atomic E-state index is 13.0. The zero-order valence-corrected chi connectivity index (χ0v) is 17.5. The average molecular weight is 430 g/mol. The monoisotopic (exact) mass is 429 g/mol. The standard InChI is InChI=1S/C22H20ClNO4S/c1-16(20-13-6-7-14-21(20)23)28-22(25)17-9-8-12-19(15-17)29(26,27)24(2)18-10-4-3-5-11-18/h3-16H,1-2H3. The van der Waals surface area contributed by atoms with Gasteiger partial charge in [-0.1, -0.05) is 54.1 Å².